The van der Waals surface area contributed by atoms with Crippen molar-refractivity contribution in [3.63, 3.8) is 0 Å². The van der Waals surface area contributed by atoms with Gasteiger partial charge in [-0.1, -0.05) is 6.92 Å². The largest absolute Gasteiger partial charge is 0.328 e. The first-order valence-corrected chi connectivity index (χ1v) is 9.32. The van der Waals surface area contributed by atoms with Crippen LogP contribution in [0.4, 0.5) is 4.39 Å². The van der Waals surface area contributed by atoms with E-state index in [0.717, 1.165) is 25.7 Å². The average molecular weight is 379 g/mol. The van der Waals surface area contributed by atoms with Crippen LogP contribution in [0.1, 0.15) is 32.6 Å². The first-order chi connectivity index (χ1) is 9.86. The first kappa shape index (κ1) is 16.9. The number of halogens is 2. The maximum atomic E-state index is 13.2. The molecule has 2 rings (SSSR count). The molecule has 118 valence electrons. The molecule has 1 saturated carbocycles. The Morgan fingerprint density at radius 1 is 1.33 bits per heavy atom. The third-order valence-electron chi connectivity index (χ3n) is 3.94. The monoisotopic (exact) mass is 378 g/mol. The first-order valence-electron chi connectivity index (χ1n) is 7.08. The van der Waals surface area contributed by atoms with Gasteiger partial charge in [-0.05, 0) is 59.8 Å². The number of nitrogens with two attached hydrogens (primary N) is 1. The maximum Gasteiger partial charge on any atom is 0.244 e. The van der Waals surface area contributed by atoms with Crippen LogP contribution in [0, 0.1) is 5.82 Å². The number of rotatable bonds is 4. The maximum absolute atomic E-state index is 13.2. The van der Waals surface area contributed by atoms with E-state index in [1.165, 1.54) is 22.5 Å². The molecule has 1 aromatic rings. The smallest absolute Gasteiger partial charge is 0.244 e. The van der Waals surface area contributed by atoms with Gasteiger partial charge in [0.15, 0.2) is 0 Å². The van der Waals surface area contributed by atoms with Gasteiger partial charge in [-0.15, -0.1) is 0 Å². The molecule has 21 heavy (non-hydrogen) atoms. The van der Waals surface area contributed by atoms with Crippen molar-refractivity contribution >= 4 is 26.0 Å². The summed E-state index contributed by atoms with van der Waals surface area (Å²) >= 11 is 3.15. The van der Waals surface area contributed by atoms with E-state index in [1.54, 1.807) is 0 Å². The Balaban J connectivity index is 2.31. The lowest BCUT2D eigenvalue weighted by Gasteiger charge is -2.34. The Bertz CT molecular complexity index is 601. The van der Waals surface area contributed by atoms with E-state index in [4.69, 9.17) is 5.73 Å². The lowest BCUT2D eigenvalue weighted by atomic mass is 9.92. The zero-order chi connectivity index (χ0) is 15.6. The Hall–Kier alpha value is -0.500. The van der Waals surface area contributed by atoms with Crippen LogP contribution in [-0.4, -0.2) is 31.4 Å². The number of hydrogen-bond donors (Lipinski definition) is 1. The summed E-state index contributed by atoms with van der Waals surface area (Å²) in [4.78, 5) is 0.112. The summed E-state index contributed by atoms with van der Waals surface area (Å²) in [5.41, 5.74) is 5.88. The molecule has 0 heterocycles. The highest BCUT2D eigenvalue weighted by Gasteiger charge is 2.33. The summed E-state index contributed by atoms with van der Waals surface area (Å²) < 4.78 is 40.6. The van der Waals surface area contributed by atoms with Gasteiger partial charge in [0.05, 0.1) is 4.90 Å². The highest BCUT2D eigenvalue weighted by atomic mass is 79.9. The third-order valence-corrected chi connectivity index (χ3v) is 6.95. The van der Waals surface area contributed by atoms with Crippen LogP contribution in [0.25, 0.3) is 0 Å². The van der Waals surface area contributed by atoms with E-state index < -0.39 is 15.8 Å². The summed E-state index contributed by atoms with van der Waals surface area (Å²) in [6, 6.07) is 3.79. The van der Waals surface area contributed by atoms with Gasteiger partial charge in [-0.25, -0.2) is 12.8 Å². The van der Waals surface area contributed by atoms with Crippen LogP contribution in [0.3, 0.4) is 0 Å². The number of sulfonamides is 1. The van der Waals surface area contributed by atoms with E-state index in [9.17, 15) is 12.8 Å². The minimum Gasteiger partial charge on any atom is -0.328 e. The van der Waals surface area contributed by atoms with Crippen molar-refractivity contribution in [3.05, 3.63) is 28.5 Å². The van der Waals surface area contributed by atoms with Gasteiger partial charge in [0.2, 0.25) is 10.0 Å². The van der Waals surface area contributed by atoms with E-state index >= 15 is 0 Å². The van der Waals surface area contributed by atoms with Crippen molar-refractivity contribution in [2.45, 2.75) is 49.6 Å². The highest BCUT2D eigenvalue weighted by molar-refractivity contribution is 9.10. The molecule has 1 aliphatic rings. The molecule has 0 unspecified atom stereocenters. The van der Waals surface area contributed by atoms with Crippen molar-refractivity contribution in [2.24, 2.45) is 5.73 Å². The molecule has 0 atom stereocenters. The molecular formula is C14H20BrFN2O2S. The average Bonchev–Trinajstić information content (AvgIpc) is 2.41. The van der Waals surface area contributed by atoms with Crippen molar-refractivity contribution < 1.29 is 12.8 Å². The lowest BCUT2D eigenvalue weighted by Crippen LogP contribution is -2.44. The van der Waals surface area contributed by atoms with Crippen molar-refractivity contribution in [1.29, 1.82) is 0 Å². The van der Waals surface area contributed by atoms with Crippen LogP contribution >= 0.6 is 15.9 Å². The molecule has 0 spiro atoms. The fourth-order valence-electron chi connectivity index (χ4n) is 2.82. The predicted molar refractivity (Wildman–Crippen MR) is 83.9 cm³/mol. The fraction of sp³-hybridized carbons (Fsp3) is 0.571. The molecule has 1 aliphatic carbocycles. The zero-order valence-corrected chi connectivity index (χ0v) is 14.3. The quantitative estimate of drug-likeness (QED) is 0.875. The van der Waals surface area contributed by atoms with Crippen LogP contribution in [0.15, 0.2) is 27.6 Å². The second-order valence-corrected chi connectivity index (χ2v) is 8.07. The summed E-state index contributed by atoms with van der Waals surface area (Å²) in [6.45, 7) is 2.22. The molecule has 1 fully saturated rings. The molecule has 0 aliphatic heterocycles. The van der Waals surface area contributed by atoms with Crippen LogP contribution in [-0.2, 0) is 10.0 Å². The Morgan fingerprint density at radius 2 is 1.95 bits per heavy atom. The highest BCUT2D eigenvalue weighted by Crippen LogP contribution is 2.30. The van der Waals surface area contributed by atoms with Crippen molar-refractivity contribution in [1.82, 2.24) is 4.31 Å². The molecule has 0 aromatic heterocycles. The molecule has 0 saturated heterocycles. The molecular weight excluding hydrogens is 359 g/mol. The Kier molecular flexibility index (Phi) is 5.40. The van der Waals surface area contributed by atoms with Gasteiger partial charge in [0.1, 0.15) is 5.82 Å². The van der Waals surface area contributed by atoms with Crippen LogP contribution < -0.4 is 5.73 Å². The van der Waals surface area contributed by atoms with E-state index in [1.807, 2.05) is 6.92 Å². The van der Waals surface area contributed by atoms with Gasteiger partial charge in [-0.2, -0.15) is 4.31 Å². The summed E-state index contributed by atoms with van der Waals surface area (Å²) in [7, 11) is -3.64. The van der Waals surface area contributed by atoms with Crippen molar-refractivity contribution in [2.75, 3.05) is 6.54 Å². The van der Waals surface area contributed by atoms with E-state index in [0.29, 0.717) is 6.54 Å². The zero-order valence-electron chi connectivity index (χ0n) is 11.9. The second-order valence-electron chi connectivity index (χ2n) is 5.35. The molecule has 0 amide bonds. The van der Waals surface area contributed by atoms with E-state index in [-0.39, 0.29) is 21.5 Å². The van der Waals surface area contributed by atoms with Gasteiger partial charge >= 0.3 is 0 Å². The standard InChI is InChI=1S/C14H20BrFN2O2S/c1-2-18(12-6-4-11(17)5-7-12)21(19,20)14-8-3-10(16)9-13(14)15/h3,8-9,11-12H,2,4-7,17H2,1H3. The van der Waals surface area contributed by atoms with Gasteiger partial charge in [0, 0.05) is 23.1 Å². The fourth-order valence-corrected chi connectivity index (χ4v) is 5.53. The Labute approximate surface area is 133 Å². The topological polar surface area (TPSA) is 63.4 Å². The minimum absolute atomic E-state index is 0.0308. The van der Waals surface area contributed by atoms with Gasteiger partial charge in [-0.3, -0.25) is 0 Å². The molecule has 4 nitrogen and oxygen atoms in total. The number of benzene rings is 1. The normalized spacial score (nSPS) is 23.5. The lowest BCUT2D eigenvalue weighted by molar-refractivity contribution is 0.247. The SMILES string of the molecule is CCN(C1CCC(N)CC1)S(=O)(=O)c1ccc(F)cc1Br. The predicted octanol–water partition coefficient (Wildman–Crippen LogP) is 2.87. The number of nitrogens with zero attached hydrogens (tertiary/aromatic N) is 1. The molecule has 0 radical (unpaired) electrons. The summed E-state index contributed by atoms with van der Waals surface area (Å²) in [5, 5.41) is 0. The molecule has 0 bridgehead atoms. The van der Waals surface area contributed by atoms with Crippen molar-refractivity contribution in [3.8, 4) is 0 Å². The van der Waals surface area contributed by atoms with Gasteiger partial charge in [0.25, 0.3) is 0 Å². The van der Waals surface area contributed by atoms with E-state index in [2.05, 4.69) is 15.9 Å². The minimum atomic E-state index is -3.64. The van der Waals surface area contributed by atoms with Crippen LogP contribution in [0.5, 0.6) is 0 Å². The summed E-state index contributed by atoms with van der Waals surface area (Å²) in [6.07, 6.45) is 3.21. The third kappa shape index (κ3) is 3.64. The molecule has 7 heteroatoms. The van der Waals surface area contributed by atoms with Gasteiger partial charge < -0.3 is 5.73 Å². The van der Waals surface area contributed by atoms with Crippen LogP contribution in [0.2, 0.25) is 0 Å². The summed E-state index contributed by atoms with van der Waals surface area (Å²) in [5.74, 6) is -0.465. The second kappa shape index (κ2) is 6.73. The molecule has 1 aromatic carbocycles. The number of hydrogen-bond acceptors (Lipinski definition) is 3. The Morgan fingerprint density at radius 3 is 2.48 bits per heavy atom. The molecule has 2 N–H and O–H groups in total.